The highest BCUT2D eigenvalue weighted by Crippen LogP contribution is 2.16. The Bertz CT molecular complexity index is 587. The van der Waals surface area contributed by atoms with Crippen LogP contribution in [0.3, 0.4) is 0 Å². The standard InChI is InChI=1S/C16H22ClN3/c1-11(2)10-20-15(18-19-16(20)9-17)8-14-6-5-12(3)13(4)7-14/h5-7,11H,8-10H2,1-4H3. The van der Waals surface area contributed by atoms with Gasteiger partial charge in [0.25, 0.3) is 0 Å². The van der Waals surface area contributed by atoms with Crippen molar-refractivity contribution in [3.05, 3.63) is 46.5 Å². The Hall–Kier alpha value is -1.35. The summed E-state index contributed by atoms with van der Waals surface area (Å²) in [6.45, 7) is 9.57. The maximum absolute atomic E-state index is 5.95. The summed E-state index contributed by atoms with van der Waals surface area (Å²) >= 11 is 5.95. The fourth-order valence-corrected chi connectivity index (χ4v) is 2.47. The van der Waals surface area contributed by atoms with Crippen LogP contribution in [0.5, 0.6) is 0 Å². The van der Waals surface area contributed by atoms with Crippen molar-refractivity contribution in [2.24, 2.45) is 5.92 Å². The van der Waals surface area contributed by atoms with Crippen molar-refractivity contribution < 1.29 is 0 Å². The van der Waals surface area contributed by atoms with E-state index in [2.05, 4.69) is 60.7 Å². The van der Waals surface area contributed by atoms with E-state index in [0.717, 1.165) is 24.6 Å². The van der Waals surface area contributed by atoms with Crippen molar-refractivity contribution in [2.45, 2.75) is 46.5 Å². The molecule has 1 aromatic heterocycles. The smallest absolute Gasteiger partial charge is 0.147 e. The SMILES string of the molecule is Cc1ccc(Cc2nnc(CCl)n2CC(C)C)cc1C. The number of benzene rings is 1. The van der Waals surface area contributed by atoms with Gasteiger partial charge < -0.3 is 4.57 Å². The highest BCUT2D eigenvalue weighted by molar-refractivity contribution is 6.16. The van der Waals surface area contributed by atoms with E-state index in [1.165, 1.54) is 16.7 Å². The van der Waals surface area contributed by atoms with Crippen LogP contribution in [0.1, 0.15) is 42.2 Å². The fraction of sp³-hybridized carbons (Fsp3) is 0.500. The molecule has 0 aliphatic rings. The van der Waals surface area contributed by atoms with E-state index >= 15 is 0 Å². The second kappa shape index (κ2) is 6.40. The lowest BCUT2D eigenvalue weighted by Crippen LogP contribution is -2.12. The molecule has 0 aliphatic heterocycles. The van der Waals surface area contributed by atoms with Gasteiger partial charge in [0.1, 0.15) is 11.6 Å². The summed E-state index contributed by atoms with van der Waals surface area (Å²) in [6, 6.07) is 6.55. The molecule has 0 saturated heterocycles. The third-order valence-corrected chi connectivity index (χ3v) is 3.74. The minimum Gasteiger partial charge on any atom is -0.313 e. The van der Waals surface area contributed by atoms with Crippen LogP contribution in [0.25, 0.3) is 0 Å². The Kier molecular flexibility index (Phi) is 4.81. The van der Waals surface area contributed by atoms with Gasteiger partial charge in [-0.1, -0.05) is 32.0 Å². The van der Waals surface area contributed by atoms with Gasteiger partial charge >= 0.3 is 0 Å². The van der Waals surface area contributed by atoms with Crippen molar-refractivity contribution in [3.8, 4) is 0 Å². The van der Waals surface area contributed by atoms with Crippen molar-refractivity contribution in [2.75, 3.05) is 0 Å². The van der Waals surface area contributed by atoms with Gasteiger partial charge in [-0.05, 0) is 36.5 Å². The number of halogens is 1. The molecule has 0 aliphatic carbocycles. The van der Waals surface area contributed by atoms with Crippen LogP contribution in [0.15, 0.2) is 18.2 Å². The van der Waals surface area contributed by atoms with Gasteiger partial charge in [0.15, 0.2) is 0 Å². The van der Waals surface area contributed by atoms with Gasteiger partial charge in [0.2, 0.25) is 0 Å². The Labute approximate surface area is 126 Å². The minimum absolute atomic E-state index is 0.409. The zero-order chi connectivity index (χ0) is 14.7. The highest BCUT2D eigenvalue weighted by atomic mass is 35.5. The molecule has 0 N–H and O–H groups in total. The summed E-state index contributed by atoms with van der Waals surface area (Å²) in [6.07, 6.45) is 0.803. The van der Waals surface area contributed by atoms with E-state index in [1.54, 1.807) is 0 Å². The van der Waals surface area contributed by atoms with Gasteiger partial charge in [-0.2, -0.15) is 0 Å². The normalized spacial score (nSPS) is 11.3. The van der Waals surface area contributed by atoms with Gasteiger partial charge in [-0.15, -0.1) is 21.8 Å². The first-order valence-electron chi connectivity index (χ1n) is 7.04. The van der Waals surface area contributed by atoms with Crippen molar-refractivity contribution >= 4 is 11.6 Å². The number of aromatic nitrogens is 3. The molecule has 4 heteroatoms. The molecule has 20 heavy (non-hydrogen) atoms. The van der Waals surface area contributed by atoms with E-state index in [-0.39, 0.29) is 0 Å². The molecule has 2 rings (SSSR count). The lowest BCUT2D eigenvalue weighted by Gasteiger charge is -2.12. The number of nitrogens with zero attached hydrogens (tertiary/aromatic N) is 3. The number of alkyl halides is 1. The molecule has 3 nitrogen and oxygen atoms in total. The monoisotopic (exact) mass is 291 g/mol. The number of hydrogen-bond acceptors (Lipinski definition) is 2. The molecule has 0 spiro atoms. The largest absolute Gasteiger partial charge is 0.313 e. The zero-order valence-electron chi connectivity index (χ0n) is 12.7. The molecule has 1 aromatic carbocycles. The highest BCUT2D eigenvalue weighted by Gasteiger charge is 2.13. The van der Waals surface area contributed by atoms with Crippen LogP contribution in [-0.4, -0.2) is 14.8 Å². The van der Waals surface area contributed by atoms with Crippen molar-refractivity contribution in [1.82, 2.24) is 14.8 Å². The summed E-state index contributed by atoms with van der Waals surface area (Å²) in [5, 5.41) is 8.52. The molecule has 0 unspecified atom stereocenters. The number of aryl methyl sites for hydroxylation is 2. The lowest BCUT2D eigenvalue weighted by atomic mass is 10.0. The first kappa shape index (κ1) is 15.0. The Morgan fingerprint density at radius 3 is 2.40 bits per heavy atom. The first-order valence-corrected chi connectivity index (χ1v) is 7.57. The predicted molar refractivity (Wildman–Crippen MR) is 83.1 cm³/mol. The van der Waals surface area contributed by atoms with Crippen LogP contribution in [0.2, 0.25) is 0 Å². The third kappa shape index (κ3) is 3.40. The van der Waals surface area contributed by atoms with E-state index in [0.29, 0.717) is 11.8 Å². The molecular weight excluding hydrogens is 270 g/mol. The maximum atomic E-state index is 5.95. The Balaban J connectivity index is 2.28. The number of hydrogen-bond donors (Lipinski definition) is 0. The van der Waals surface area contributed by atoms with E-state index in [4.69, 9.17) is 11.6 Å². The van der Waals surface area contributed by atoms with Gasteiger partial charge in [-0.25, -0.2) is 0 Å². The van der Waals surface area contributed by atoms with Crippen LogP contribution < -0.4 is 0 Å². The fourth-order valence-electron chi connectivity index (χ4n) is 2.27. The van der Waals surface area contributed by atoms with Crippen LogP contribution in [0, 0.1) is 19.8 Å². The average Bonchev–Trinajstić information content (AvgIpc) is 2.76. The van der Waals surface area contributed by atoms with E-state index in [1.807, 2.05) is 0 Å². The summed E-state index contributed by atoms with van der Waals surface area (Å²) in [5.41, 5.74) is 3.90. The van der Waals surface area contributed by atoms with Gasteiger partial charge in [0.05, 0.1) is 5.88 Å². The second-order valence-electron chi connectivity index (χ2n) is 5.77. The van der Waals surface area contributed by atoms with Gasteiger partial charge in [0, 0.05) is 13.0 Å². The third-order valence-electron chi connectivity index (χ3n) is 3.50. The van der Waals surface area contributed by atoms with Crippen LogP contribution in [0.4, 0.5) is 0 Å². The second-order valence-corrected chi connectivity index (χ2v) is 6.03. The summed E-state index contributed by atoms with van der Waals surface area (Å²) in [7, 11) is 0. The molecule has 1 heterocycles. The first-order chi connectivity index (χ1) is 9.51. The molecule has 108 valence electrons. The summed E-state index contributed by atoms with van der Waals surface area (Å²) in [4.78, 5) is 0. The Morgan fingerprint density at radius 2 is 1.80 bits per heavy atom. The molecule has 0 atom stereocenters. The molecule has 2 aromatic rings. The van der Waals surface area contributed by atoms with Crippen LogP contribution >= 0.6 is 11.6 Å². The molecule has 0 amide bonds. The van der Waals surface area contributed by atoms with E-state index in [9.17, 15) is 0 Å². The topological polar surface area (TPSA) is 30.7 Å². The number of rotatable bonds is 5. The minimum atomic E-state index is 0.409. The molecular formula is C16H22ClN3. The predicted octanol–water partition coefficient (Wildman–Crippen LogP) is 3.88. The summed E-state index contributed by atoms with van der Waals surface area (Å²) < 4.78 is 2.16. The molecule has 0 saturated carbocycles. The molecule has 0 radical (unpaired) electrons. The quantitative estimate of drug-likeness (QED) is 0.783. The van der Waals surface area contributed by atoms with E-state index < -0.39 is 0 Å². The average molecular weight is 292 g/mol. The van der Waals surface area contributed by atoms with Crippen molar-refractivity contribution in [3.63, 3.8) is 0 Å². The maximum Gasteiger partial charge on any atom is 0.147 e. The lowest BCUT2D eigenvalue weighted by molar-refractivity contribution is 0.499. The molecule has 0 bridgehead atoms. The van der Waals surface area contributed by atoms with Crippen LogP contribution in [-0.2, 0) is 18.8 Å². The van der Waals surface area contributed by atoms with Crippen molar-refractivity contribution in [1.29, 1.82) is 0 Å². The Morgan fingerprint density at radius 1 is 1.10 bits per heavy atom. The summed E-state index contributed by atoms with van der Waals surface area (Å²) in [5.74, 6) is 2.82. The van der Waals surface area contributed by atoms with Gasteiger partial charge in [-0.3, -0.25) is 0 Å². The zero-order valence-corrected chi connectivity index (χ0v) is 13.4. The molecule has 0 fully saturated rings.